The average molecular weight is 282 g/mol. The van der Waals surface area contributed by atoms with E-state index in [0.717, 1.165) is 22.4 Å². The van der Waals surface area contributed by atoms with Gasteiger partial charge >= 0.3 is 0 Å². The summed E-state index contributed by atoms with van der Waals surface area (Å²) in [6.45, 7) is 6.35. The van der Waals surface area contributed by atoms with Gasteiger partial charge < -0.3 is 5.32 Å². The Hall–Kier alpha value is -2.34. The zero-order chi connectivity index (χ0) is 15.5. The van der Waals surface area contributed by atoms with Crippen LogP contribution >= 0.6 is 0 Å². The first-order valence-electron chi connectivity index (χ1n) is 6.93. The van der Waals surface area contributed by atoms with E-state index in [9.17, 15) is 4.39 Å². The van der Waals surface area contributed by atoms with Crippen LogP contribution in [0.5, 0.6) is 0 Å². The number of nitrogens with zero attached hydrogens (tertiary/aromatic N) is 1. The van der Waals surface area contributed by atoms with Crippen LogP contribution in [0.25, 0.3) is 0 Å². The standard InChI is InChI=1S/C18H19FN2/c1-13-10-16(19)7-4-14(13)11-21-17-8-5-15(6-9-17)18(2,3)12-20/h4-10,21H,11H2,1-3H3. The smallest absolute Gasteiger partial charge is 0.123 e. The summed E-state index contributed by atoms with van der Waals surface area (Å²) in [5.74, 6) is -0.209. The van der Waals surface area contributed by atoms with E-state index in [4.69, 9.17) is 5.26 Å². The molecule has 0 spiro atoms. The van der Waals surface area contributed by atoms with Gasteiger partial charge in [0.25, 0.3) is 0 Å². The lowest BCUT2D eigenvalue weighted by molar-refractivity contribution is 0.625. The Balaban J connectivity index is 2.06. The summed E-state index contributed by atoms with van der Waals surface area (Å²) in [7, 11) is 0. The van der Waals surface area contributed by atoms with Gasteiger partial charge in [-0.15, -0.1) is 0 Å². The zero-order valence-electron chi connectivity index (χ0n) is 12.6. The quantitative estimate of drug-likeness (QED) is 0.893. The molecule has 0 fully saturated rings. The van der Waals surface area contributed by atoms with Crippen LogP contribution in [0.4, 0.5) is 10.1 Å². The van der Waals surface area contributed by atoms with Gasteiger partial charge in [-0.3, -0.25) is 0 Å². The van der Waals surface area contributed by atoms with E-state index in [0.29, 0.717) is 6.54 Å². The van der Waals surface area contributed by atoms with Crippen LogP contribution < -0.4 is 5.32 Å². The van der Waals surface area contributed by atoms with Crippen molar-refractivity contribution in [1.29, 1.82) is 5.26 Å². The lowest BCUT2D eigenvalue weighted by Gasteiger charge is -2.16. The van der Waals surface area contributed by atoms with Crippen LogP contribution in [0, 0.1) is 24.1 Å². The first-order chi connectivity index (χ1) is 9.92. The number of nitrogens with one attached hydrogen (secondary N) is 1. The molecule has 108 valence electrons. The predicted octanol–water partition coefficient (Wildman–Crippen LogP) is 4.55. The Morgan fingerprint density at radius 1 is 1.14 bits per heavy atom. The SMILES string of the molecule is Cc1cc(F)ccc1CNc1ccc(C(C)(C)C#N)cc1. The van der Waals surface area contributed by atoms with Gasteiger partial charge in [-0.05, 0) is 61.7 Å². The molecule has 0 heterocycles. The summed E-state index contributed by atoms with van der Waals surface area (Å²) in [4.78, 5) is 0. The topological polar surface area (TPSA) is 35.8 Å². The third kappa shape index (κ3) is 3.61. The maximum absolute atomic E-state index is 13.1. The van der Waals surface area contributed by atoms with Crippen molar-refractivity contribution >= 4 is 5.69 Å². The van der Waals surface area contributed by atoms with Gasteiger partial charge in [0.2, 0.25) is 0 Å². The minimum absolute atomic E-state index is 0.209. The van der Waals surface area contributed by atoms with E-state index in [1.807, 2.05) is 45.0 Å². The fraction of sp³-hybridized carbons (Fsp3) is 0.278. The highest BCUT2D eigenvalue weighted by Crippen LogP contribution is 2.23. The van der Waals surface area contributed by atoms with Crippen molar-refractivity contribution < 1.29 is 4.39 Å². The molecule has 2 aromatic carbocycles. The van der Waals surface area contributed by atoms with Crippen LogP contribution in [0.1, 0.15) is 30.5 Å². The number of halogens is 1. The summed E-state index contributed by atoms with van der Waals surface area (Å²) in [5.41, 5.74) is 3.50. The molecule has 0 aliphatic rings. The largest absolute Gasteiger partial charge is 0.381 e. The van der Waals surface area contributed by atoms with Crippen molar-refractivity contribution in [2.24, 2.45) is 0 Å². The predicted molar refractivity (Wildman–Crippen MR) is 83.5 cm³/mol. The Bertz CT molecular complexity index is 667. The van der Waals surface area contributed by atoms with Crippen LogP contribution in [0.15, 0.2) is 42.5 Å². The van der Waals surface area contributed by atoms with E-state index in [-0.39, 0.29) is 5.82 Å². The number of aryl methyl sites for hydroxylation is 1. The summed E-state index contributed by atoms with van der Waals surface area (Å²) < 4.78 is 13.1. The molecule has 21 heavy (non-hydrogen) atoms. The monoisotopic (exact) mass is 282 g/mol. The Morgan fingerprint density at radius 3 is 2.38 bits per heavy atom. The second-order valence-electron chi connectivity index (χ2n) is 5.74. The molecular weight excluding hydrogens is 263 g/mol. The van der Waals surface area contributed by atoms with Crippen molar-refractivity contribution in [1.82, 2.24) is 0 Å². The third-order valence-electron chi connectivity index (χ3n) is 3.67. The molecule has 0 saturated heterocycles. The lowest BCUT2D eigenvalue weighted by Crippen LogP contribution is -2.13. The Labute approximate surface area is 125 Å². The minimum Gasteiger partial charge on any atom is -0.381 e. The molecule has 1 N–H and O–H groups in total. The highest BCUT2D eigenvalue weighted by molar-refractivity contribution is 5.47. The molecule has 0 aliphatic heterocycles. The summed E-state index contributed by atoms with van der Waals surface area (Å²) in [6.07, 6.45) is 0. The molecule has 2 nitrogen and oxygen atoms in total. The van der Waals surface area contributed by atoms with Gasteiger partial charge in [-0.25, -0.2) is 4.39 Å². The van der Waals surface area contributed by atoms with Gasteiger partial charge in [-0.1, -0.05) is 18.2 Å². The van der Waals surface area contributed by atoms with Gasteiger partial charge in [0, 0.05) is 12.2 Å². The molecule has 0 aliphatic carbocycles. The fourth-order valence-electron chi connectivity index (χ4n) is 2.12. The molecule has 0 aromatic heterocycles. The van der Waals surface area contributed by atoms with Crippen molar-refractivity contribution in [3.63, 3.8) is 0 Å². The average Bonchev–Trinajstić information content (AvgIpc) is 2.47. The van der Waals surface area contributed by atoms with Crippen LogP contribution in [-0.4, -0.2) is 0 Å². The van der Waals surface area contributed by atoms with Crippen molar-refractivity contribution in [2.45, 2.75) is 32.7 Å². The molecule has 3 heteroatoms. The van der Waals surface area contributed by atoms with E-state index < -0.39 is 5.41 Å². The van der Waals surface area contributed by atoms with E-state index >= 15 is 0 Å². The van der Waals surface area contributed by atoms with Gasteiger partial charge in [-0.2, -0.15) is 5.26 Å². The van der Waals surface area contributed by atoms with Gasteiger partial charge in [0.05, 0.1) is 11.5 Å². The van der Waals surface area contributed by atoms with Gasteiger partial charge in [0.1, 0.15) is 5.82 Å². The molecule has 0 saturated carbocycles. The number of anilines is 1. The number of hydrogen-bond acceptors (Lipinski definition) is 2. The zero-order valence-corrected chi connectivity index (χ0v) is 12.6. The van der Waals surface area contributed by atoms with Crippen LogP contribution in [0.2, 0.25) is 0 Å². The Kier molecular flexibility index (Phi) is 4.28. The highest BCUT2D eigenvalue weighted by Gasteiger charge is 2.18. The van der Waals surface area contributed by atoms with E-state index in [1.54, 1.807) is 6.07 Å². The highest BCUT2D eigenvalue weighted by atomic mass is 19.1. The second kappa shape index (κ2) is 5.97. The van der Waals surface area contributed by atoms with E-state index in [2.05, 4.69) is 11.4 Å². The number of hydrogen-bond donors (Lipinski definition) is 1. The fourth-order valence-corrected chi connectivity index (χ4v) is 2.12. The molecule has 0 radical (unpaired) electrons. The molecule has 0 atom stereocenters. The van der Waals surface area contributed by atoms with Gasteiger partial charge in [0.15, 0.2) is 0 Å². The molecule has 0 bridgehead atoms. The van der Waals surface area contributed by atoms with Crippen molar-refractivity contribution in [2.75, 3.05) is 5.32 Å². The maximum Gasteiger partial charge on any atom is 0.123 e. The molecule has 0 amide bonds. The number of rotatable bonds is 4. The second-order valence-corrected chi connectivity index (χ2v) is 5.74. The maximum atomic E-state index is 13.1. The number of benzene rings is 2. The van der Waals surface area contributed by atoms with Crippen molar-refractivity contribution in [3.8, 4) is 6.07 Å². The Morgan fingerprint density at radius 2 is 1.81 bits per heavy atom. The van der Waals surface area contributed by atoms with Crippen LogP contribution in [-0.2, 0) is 12.0 Å². The number of nitriles is 1. The lowest BCUT2D eigenvalue weighted by atomic mass is 9.86. The molecular formula is C18H19FN2. The molecule has 2 aromatic rings. The first-order valence-corrected chi connectivity index (χ1v) is 6.93. The summed E-state index contributed by atoms with van der Waals surface area (Å²) in [6, 6.07) is 15.0. The van der Waals surface area contributed by atoms with E-state index in [1.165, 1.54) is 12.1 Å². The minimum atomic E-state index is -0.480. The first kappa shape index (κ1) is 15.1. The molecule has 2 rings (SSSR count). The summed E-state index contributed by atoms with van der Waals surface area (Å²) >= 11 is 0. The normalized spacial score (nSPS) is 11.0. The third-order valence-corrected chi connectivity index (χ3v) is 3.67. The van der Waals surface area contributed by atoms with Crippen molar-refractivity contribution in [3.05, 3.63) is 65.0 Å². The summed E-state index contributed by atoms with van der Waals surface area (Å²) in [5, 5.41) is 12.4. The van der Waals surface area contributed by atoms with Crippen LogP contribution in [0.3, 0.4) is 0 Å². The molecule has 0 unspecified atom stereocenters.